The van der Waals surface area contributed by atoms with Gasteiger partial charge in [-0.15, -0.1) is 0 Å². The Morgan fingerprint density at radius 1 is 1.41 bits per heavy atom. The number of aliphatic hydroxyl groups is 1. The average Bonchev–Trinajstić information content (AvgIpc) is 2.30. The van der Waals surface area contributed by atoms with Crippen LogP contribution in [0.1, 0.15) is 26.7 Å². The Morgan fingerprint density at radius 3 is 2.59 bits per heavy atom. The highest BCUT2D eigenvalue weighted by atomic mass is 16.5. The van der Waals surface area contributed by atoms with Gasteiger partial charge in [0.15, 0.2) is 0 Å². The summed E-state index contributed by atoms with van der Waals surface area (Å²) in [6, 6.07) is 0.222. The van der Waals surface area contributed by atoms with E-state index in [1.165, 1.54) is 0 Å². The highest BCUT2D eigenvalue weighted by molar-refractivity contribution is 5.78. The molecule has 0 unspecified atom stereocenters. The Labute approximate surface area is 103 Å². The molecular weight excluding hydrogens is 220 g/mol. The fraction of sp³-hybridized carbons (Fsp3) is 0.917. The molecule has 0 saturated carbocycles. The summed E-state index contributed by atoms with van der Waals surface area (Å²) >= 11 is 0. The second-order valence-electron chi connectivity index (χ2n) is 4.87. The molecule has 0 aliphatic carbocycles. The third-order valence-corrected chi connectivity index (χ3v) is 3.11. The standard InChI is InChI=1S/C12H24N2O3/c1-9(2)11(8-15)13-7-12(16)14-10-3-5-17-6-4-10/h9-11,13,15H,3-8H2,1-2H3,(H,14,16)/t11-/m1/s1. The molecular formula is C12H24N2O3. The van der Waals surface area contributed by atoms with Crippen molar-refractivity contribution < 1.29 is 14.6 Å². The molecule has 1 fully saturated rings. The van der Waals surface area contributed by atoms with E-state index in [1.54, 1.807) is 0 Å². The molecule has 100 valence electrons. The van der Waals surface area contributed by atoms with Crippen molar-refractivity contribution in [2.24, 2.45) is 5.92 Å². The number of carbonyl (C=O) groups is 1. The highest BCUT2D eigenvalue weighted by Gasteiger charge is 2.17. The molecule has 1 saturated heterocycles. The topological polar surface area (TPSA) is 70.6 Å². The monoisotopic (exact) mass is 244 g/mol. The van der Waals surface area contributed by atoms with Crippen molar-refractivity contribution in [1.29, 1.82) is 0 Å². The number of hydrogen-bond acceptors (Lipinski definition) is 4. The summed E-state index contributed by atoms with van der Waals surface area (Å²) in [5.74, 6) is 0.312. The molecule has 1 atom stereocenters. The van der Waals surface area contributed by atoms with Crippen LogP contribution < -0.4 is 10.6 Å². The summed E-state index contributed by atoms with van der Waals surface area (Å²) in [5, 5.41) is 15.2. The van der Waals surface area contributed by atoms with Crippen LogP contribution in [0.2, 0.25) is 0 Å². The van der Waals surface area contributed by atoms with Crippen molar-refractivity contribution >= 4 is 5.91 Å². The lowest BCUT2D eigenvalue weighted by Crippen LogP contribution is -2.47. The second kappa shape index (κ2) is 7.63. The Morgan fingerprint density at radius 2 is 2.06 bits per heavy atom. The van der Waals surface area contributed by atoms with Crippen LogP contribution in [-0.4, -0.2) is 49.5 Å². The van der Waals surface area contributed by atoms with Crippen molar-refractivity contribution in [2.75, 3.05) is 26.4 Å². The van der Waals surface area contributed by atoms with Gasteiger partial charge < -0.3 is 20.5 Å². The van der Waals surface area contributed by atoms with E-state index in [9.17, 15) is 4.79 Å². The lowest BCUT2D eigenvalue weighted by molar-refractivity contribution is -0.121. The van der Waals surface area contributed by atoms with Crippen LogP contribution >= 0.6 is 0 Å². The fourth-order valence-corrected chi connectivity index (χ4v) is 1.86. The zero-order chi connectivity index (χ0) is 12.7. The van der Waals surface area contributed by atoms with Gasteiger partial charge in [-0.2, -0.15) is 0 Å². The molecule has 17 heavy (non-hydrogen) atoms. The molecule has 0 spiro atoms. The number of aliphatic hydroxyl groups excluding tert-OH is 1. The molecule has 1 aliphatic rings. The summed E-state index contributed by atoms with van der Waals surface area (Å²) in [4.78, 5) is 11.7. The van der Waals surface area contributed by atoms with Crippen molar-refractivity contribution in [3.05, 3.63) is 0 Å². The minimum atomic E-state index is -0.0181. The first-order chi connectivity index (χ1) is 8.13. The molecule has 0 radical (unpaired) electrons. The SMILES string of the molecule is CC(C)[C@@H](CO)NCC(=O)NC1CCOCC1. The normalized spacial score (nSPS) is 19.3. The van der Waals surface area contributed by atoms with E-state index in [0.29, 0.717) is 5.92 Å². The Bertz CT molecular complexity index is 228. The maximum Gasteiger partial charge on any atom is 0.234 e. The largest absolute Gasteiger partial charge is 0.395 e. The molecule has 0 aromatic carbocycles. The maximum absolute atomic E-state index is 11.7. The molecule has 0 bridgehead atoms. The zero-order valence-corrected chi connectivity index (χ0v) is 10.7. The van der Waals surface area contributed by atoms with E-state index in [-0.39, 0.29) is 31.1 Å². The quantitative estimate of drug-likeness (QED) is 0.609. The molecule has 3 N–H and O–H groups in total. The summed E-state index contributed by atoms with van der Waals surface area (Å²) in [5.41, 5.74) is 0. The number of amides is 1. The lowest BCUT2D eigenvalue weighted by atomic mass is 10.1. The predicted octanol–water partition coefficient (Wildman–Crippen LogP) is -0.112. The second-order valence-corrected chi connectivity index (χ2v) is 4.87. The van der Waals surface area contributed by atoms with Crippen LogP contribution in [-0.2, 0) is 9.53 Å². The molecule has 1 aliphatic heterocycles. The van der Waals surface area contributed by atoms with Gasteiger partial charge in [0.2, 0.25) is 5.91 Å². The lowest BCUT2D eigenvalue weighted by Gasteiger charge is -2.24. The zero-order valence-electron chi connectivity index (χ0n) is 10.7. The van der Waals surface area contributed by atoms with E-state index >= 15 is 0 Å². The van der Waals surface area contributed by atoms with Gasteiger partial charge in [0, 0.05) is 25.3 Å². The first-order valence-electron chi connectivity index (χ1n) is 6.34. The van der Waals surface area contributed by atoms with Gasteiger partial charge in [-0.25, -0.2) is 0 Å². The minimum Gasteiger partial charge on any atom is -0.395 e. The fourth-order valence-electron chi connectivity index (χ4n) is 1.86. The number of rotatable bonds is 6. The van der Waals surface area contributed by atoms with Gasteiger partial charge in [-0.1, -0.05) is 13.8 Å². The van der Waals surface area contributed by atoms with Crippen molar-refractivity contribution in [1.82, 2.24) is 10.6 Å². The van der Waals surface area contributed by atoms with Crippen LogP contribution in [0, 0.1) is 5.92 Å². The van der Waals surface area contributed by atoms with Crippen LogP contribution in [0.15, 0.2) is 0 Å². The Hall–Kier alpha value is -0.650. The molecule has 0 aromatic rings. The highest BCUT2D eigenvalue weighted by Crippen LogP contribution is 2.05. The smallest absolute Gasteiger partial charge is 0.234 e. The average molecular weight is 244 g/mol. The first kappa shape index (κ1) is 14.4. The third kappa shape index (κ3) is 5.48. The van der Waals surface area contributed by atoms with Crippen LogP contribution in [0.3, 0.4) is 0 Å². The first-order valence-corrected chi connectivity index (χ1v) is 6.34. The molecule has 5 heteroatoms. The molecule has 5 nitrogen and oxygen atoms in total. The van der Waals surface area contributed by atoms with Crippen LogP contribution in [0.25, 0.3) is 0 Å². The van der Waals surface area contributed by atoms with Crippen molar-refractivity contribution in [3.8, 4) is 0 Å². The van der Waals surface area contributed by atoms with Gasteiger partial charge in [-0.3, -0.25) is 4.79 Å². The summed E-state index contributed by atoms with van der Waals surface area (Å²) in [6.45, 7) is 5.81. The Balaban J connectivity index is 2.19. The molecule has 1 heterocycles. The summed E-state index contributed by atoms with van der Waals surface area (Å²) < 4.78 is 5.23. The number of hydrogen-bond donors (Lipinski definition) is 3. The Kier molecular flexibility index (Phi) is 6.47. The number of ether oxygens (including phenoxy) is 1. The summed E-state index contributed by atoms with van der Waals surface area (Å²) in [6.07, 6.45) is 1.78. The van der Waals surface area contributed by atoms with Gasteiger partial charge in [-0.05, 0) is 18.8 Å². The van der Waals surface area contributed by atoms with Crippen molar-refractivity contribution in [3.63, 3.8) is 0 Å². The van der Waals surface area contributed by atoms with Gasteiger partial charge in [0.05, 0.1) is 13.2 Å². The third-order valence-electron chi connectivity index (χ3n) is 3.11. The number of carbonyl (C=O) groups excluding carboxylic acids is 1. The molecule has 1 amide bonds. The minimum absolute atomic E-state index is 0.00370. The van der Waals surface area contributed by atoms with Crippen LogP contribution in [0.5, 0.6) is 0 Å². The van der Waals surface area contributed by atoms with Gasteiger partial charge in [0.1, 0.15) is 0 Å². The van der Waals surface area contributed by atoms with E-state index in [1.807, 2.05) is 13.8 Å². The van der Waals surface area contributed by atoms with E-state index in [4.69, 9.17) is 9.84 Å². The van der Waals surface area contributed by atoms with Crippen molar-refractivity contribution in [2.45, 2.75) is 38.8 Å². The number of nitrogens with one attached hydrogen (secondary N) is 2. The summed E-state index contributed by atoms with van der Waals surface area (Å²) in [7, 11) is 0. The van der Waals surface area contributed by atoms with Gasteiger partial charge >= 0.3 is 0 Å². The molecule has 0 aromatic heterocycles. The van der Waals surface area contributed by atoms with E-state index in [0.717, 1.165) is 26.1 Å². The predicted molar refractivity (Wildman–Crippen MR) is 65.7 cm³/mol. The maximum atomic E-state index is 11.7. The molecule has 1 rings (SSSR count). The van der Waals surface area contributed by atoms with E-state index in [2.05, 4.69) is 10.6 Å². The van der Waals surface area contributed by atoms with Gasteiger partial charge in [0.25, 0.3) is 0 Å². The van der Waals surface area contributed by atoms with Crippen LogP contribution in [0.4, 0.5) is 0 Å². The van der Waals surface area contributed by atoms with E-state index < -0.39 is 0 Å².